The fourth-order valence-electron chi connectivity index (χ4n) is 4.30. The molecule has 0 spiro atoms. The predicted molar refractivity (Wildman–Crippen MR) is 121 cm³/mol. The van der Waals surface area contributed by atoms with Gasteiger partial charge >= 0.3 is 0 Å². The molecule has 0 unspecified atom stereocenters. The van der Waals surface area contributed by atoms with E-state index in [1.807, 2.05) is 24.3 Å². The summed E-state index contributed by atoms with van der Waals surface area (Å²) in [4.78, 5) is 17.4. The van der Waals surface area contributed by atoms with Gasteiger partial charge in [-0.15, -0.1) is 0 Å². The summed E-state index contributed by atoms with van der Waals surface area (Å²) >= 11 is 5.89. The number of hydrogen-bond donors (Lipinski definition) is 0. The Hall–Kier alpha value is -2.44. The number of nitrogens with zero attached hydrogens (tertiary/aromatic N) is 4. The highest BCUT2D eigenvalue weighted by Gasteiger charge is 2.41. The van der Waals surface area contributed by atoms with E-state index in [0.29, 0.717) is 43.1 Å². The Bertz CT molecular complexity index is 1110. The summed E-state index contributed by atoms with van der Waals surface area (Å²) in [5.74, 6) is -0.113. The first-order valence-electron chi connectivity index (χ1n) is 10.7. The predicted octanol–water partition coefficient (Wildman–Crippen LogP) is 2.71. The maximum Gasteiger partial charge on any atom is 0.243 e. The number of carbonyl (C=O) groups excluding carboxylic acids is 1. The molecule has 2 aromatic carbocycles. The van der Waals surface area contributed by atoms with Gasteiger partial charge in [-0.2, -0.15) is 9.57 Å². The van der Waals surface area contributed by atoms with Crippen molar-refractivity contribution in [1.82, 2.24) is 14.1 Å². The van der Waals surface area contributed by atoms with Crippen molar-refractivity contribution >= 4 is 27.5 Å². The summed E-state index contributed by atoms with van der Waals surface area (Å²) < 4.78 is 27.6. The van der Waals surface area contributed by atoms with Crippen molar-refractivity contribution in [3.05, 3.63) is 64.7 Å². The maximum absolute atomic E-state index is 13.2. The van der Waals surface area contributed by atoms with Gasteiger partial charge in [0.2, 0.25) is 15.9 Å². The molecule has 2 aliphatic heterocycles. The van der Waals surface area contributed by atoms with Gasteiger partial charge in [-0.25, -0.2) is 8.42 Å². The minimum atomic E-state index is -3.75. The molecule has 7 nitrogen and oxygen atoms in total. The van der Waals surface area contributed by atoms with Crippen LogP contribution in [0.1, 0.15) is 24.0 Å². The molecule has 32 heavy (non-hydrogen) atoms. The number of sulfonamides is 1. The molecule has 2 fully saturated rings. The van der Waals surface area contributed by atoms with E-state index in [9.17, 15) is 13.2 Å². The largest absolute Gasteiger partial charge is 0.339 e. The van der Waals surface area contributed by atoms with Crippen LogP contribution in [0.5, 0.6) is 0 Å². The number of benzene rings is 2. The van der Waals surface area contributed by atoms with Crippen molar-refractivity contribution in [2.24, 2.45) is 0 Å². The molecule has 2 aliphatic rings. The fraction of sp³-hybridized carbons (Fsp3) is 0.391. The Morgan fingerprint density at radius 2 is 1.66 bits per heavy atom. The van der Waals surface area contributed by atoms with Crippen LogP contribution in [0, 0.1) is 11.3 Å². The van der Waals surface area contributed by atoms with Crippen LogP contribution in [0.25, 0.3) is 0 Å². The van der Waals surface area contributed by atoms with Gasteiger partial charge in [-0.05, 0) is 54.8 Å². The highest BCUT2D eigenvalue weighted by molar-refractivity contribution is 7.89. The van der Waals surface area contributed by atoms with Crippen molar-refractivity contribution in [3.63, 3.8) is 0 Å². The molecule has 0 aromatic heterocycles. The first-order valence-corrected chi connectivity index (χ1v) is 12.5. The minimum absolute atomic E-state index is 0.113. The van der Waals surface area contributed by atoms with Crippen LogP contribution < -0.4 is 0 Å². The number of halogens is 1. The SMILES string of the molecule is N#Cc1ccc(CN2CCN(C(=O)[C@@H]3CCCN3S(=O)(=O)c3ccc(Cl)cc3)CC2)cc1. The van der Waals surface area contributed by atoms with Gasteiger partial charge in [0.1, 0.15) is 6.04 Å². The molecular formula is C23H25ClN4O3S. The Balaban J connectivity index is 1.37. The fourth-order valence-corrected chi connectivity index (χ4v) is 6.07. The number of nitriles is 1. The Morgan fingerprint density at radius 1 is 1.00 bits per heavy atom. The summed E-state index contributed by atoms with van der Waals surface area (Å²) in [5.41, 5.74) is 1.76. The van der Waals surface area contributed by atoms with Gasteiger partial charge in [0.15, 0.2) is 0 Å². The van der Waals surface area contributed by atoms with Gasteiger partial charge in [0, 0.05) is 44.3 Å². The monoisotopic (exact) mass is 472 g/mol. The van der Waals surface area contributed by atoms with Crippen LogP contribution in [0.15, 0.2) is 53.4 Å². The van der Waals surface area contributed by atoms with Crippen molar-refractivity contribution < 1.29 is 13.2 Å². The van der Waals surface area contributed by atoms with Gasteiger partial charge < -0.3 is 4.90 Å². The molecule has 168 valence electrons. The van der Waals surface area contributed by atoms with E-state index < -0.39 is 16.1 Å². The summed E-state index contributed by atoms with van der Waals surface area (Å²) in [6.45, 7) is 3.69. The Morgan fingerprint density at radius 3 is 2.28 bits per heavy atom. The number of amides is 1. The van der Waals surface area contributed by atoms with E-state index in [1.54, 1.807) is 17.0 Å². The standard InChI is InChI=1S/C23H25ClN4O3S/c24-20-7-9-21(10-8-20)32(30,31)28-11-1-2-22(28)23(29)27-14-12-26(13-15-27)17-19-5-3-18(16-25)4-6-19/h3-10,22H,1-2,11-15,17H2/t22-/m0/s1. The zero-order valence-corrected chi connectivity index (χ0v) is 19.2. The van der Waals surface area contributed by atoms with Crippen molar-refractivity contribution in [3.8, 4) is 6.07 Å². The van der Waals surface area contributed by atoms with Crippen LogP contribution in [0.2, 0.25) is 5.02 Å². The number of piperazine rings is 1. The van der Waals surface area contributed by atoms with Crippen LogP contribution in [0.4, 0.5) is 0 Å². The average molecular weight is 473 g/mol. The first-order chi connectivity index (χ1) is 15.4. The molecule has 2 heterocycles. The lowest BCUT2D eigenvalue weighted by molar-refractivity contribution is -0.136. The number of hydrogen-bond acceptors (Lipinski definition) is 5. The van der Waals surface area contributed by atoms with Crippen molar-refractivity contribution in [2.45, 2.75) is 30.3 Å². The molecule has 2 saturated heterocycles. The van der Waals surface area contributed by atoms with Gasteiger partial charge in [0.05, 0.1) is 16.5 Å². The van der Waals surface area contributed by atoms with E-state index in [1.165, 1.54) is 16.4 Å². The molecule has 1 atom stereocenters. The lowest BCUT2D eigenvalue weighted by atomic mass is 10.1. The van der Waals surface area contributed by atoms with Crippen molar-refractivity contribution in [1.29, 1.82) is 5.26 Å². The smallest absolute Gasteiger partial charge is 0.243 e. The average Bonchev–Trinajstić information content (AvgIpc) is 3.31. The Labute approximate surface area is 193 Å². The molecule has 2 aromatic rings. The number of rotatable bonds is 5. The number of carbonyl (C=O) groups is 1. The summed E-state index contributed by atoms with van der Waals surface area (Å²) in [7, 11) is -3.75. The summed E-state index contributed by atoms with van der Waals surface area (Å²) in [6.07, 6.45) is 1.21. The zero-order chi connectivity index (χ0) is 22.7. The molecular weight excluding hydrogens is 448 g/mol. The van der Waals surface area contributed by atoms with E-state index in [4.69, 9.17) is 16.9 Å². The van der Waals surface area contributed by atoms with Gasteiger partial charge in [0.25, 0.3) is 0 Å². The topological polar surface area (TPSA) is 84.7 Å². The van der Waals surface area contributed by atoms with E-state index in [2.05, 4.69) is 11.0 Å². The zero-order valence-electron chi connectivity index (χ0n) is 17.7. The van der Waals surface area contributed by atoms with Crippen LogP contribution in [0.3, 0.4) is 0 Å². The lowest BCUT2D eigenvalue weighted by Crippen LogP contribution is -2.54. The Kier molecular flexibility index (Phi) is 6.82. The van der Waals surface area contributed by atoms with Crippen LogP contribution in [-0.2, 0) is 21.4 Å². The second kappa shape index (κ2) is 9.59. The van der Waals surface area contributed by atoms with E-state index in [-0.39, 0.29) is 10.8 Å². The maximum atomic E-state index is 13.2. The summed E-state index contributed by atoms with van der Waals surface area (Å²) in [5, 5.41) is 9.39. The van der Waals surface area contributed by atoms with Gasteiger partial charge in [-0.1, -0.05) is 23.7 Å². The molecule has 1 amide bonds. The molecule has 4 rings (SSSR count). The van der Waals surface area contributed by atoms with Gasteiger partial charge in [-0.3, -0.25) is 9.69 Å². The van der Waals surface area contributed by atoms with Crippen LogP contribution in [-0.4, -0.2) is 67.2 Å². The highest BCUT2D eigenvalue weighted by Crippen LogP contribution is 2.28. The quantitative estimate of drug-likeness (QED) is 0.668. The highest BCUT2D eigenvalue weighted by atomic mass is 35.5. The van der Waals surface area contributed by atoms with Crippen LogP contribution >= 0.6 is 11.6 Å². The lowest BCUT2D eigenvalue weighted by Gasteiger charge is -2.37. The molecule has 0 N–H and O–H groups in total. The first kappa shape index (κ1) is 22.7. The minimum Gasteiger partial charge on any atom is -0.339 e. The normalized spacial score (nSPS) is 20.2. The molecule has 0 bridgehead atoms. The third-order valence-corrected chi connectivity index (χ3v) is 8.26. The third-order valence-electron chi connectivity index (χ3n) is 6.08. The van der Waals surface area contributed by atoms with E-state index in [0.717, 1.165) is 25.2 Å². The molecule has 9 heteroatoms. The second-order valence-corrected chi connectivity index (χ2v) is 10.5. The second-order valence-electron chi connectivity index (χ2n) is 8.14. The molecule has 0 radical (unpaired) electrons. The molecule has 0 saturated carbocycles. The third kappa shape index (κ3) is 4.81. The molecule has 0 aliphatic carbocycles. The van der Waals surface area contributed by atoms with E-state index >= 15 is 0 Å². The van der Waals surface area contributed by atoms with Crippen molar-refractivity contribution in [2.75, 3.05) is 32.7 Å². The summed E-state index contributed by atoms with van der Waals surface area (Å²) in [6, 6.07) is 15.1.